The lowest BCUT2D eigenvalue weighted by Gasteiger charge is -2.31. The zero-order valence-corrected chi connectivity index (χ0v) is 16.8. The van der Waals surface area contributed by atoms with Gasteiger partial charge in [-0.2, -0.15) is 14.5 Å². The van der Waals surface area contributed by atoms with Crippen molar-refractivity contribution in [2.24, 2.45) is 13.0 Å². The smallest absolute Gasteiger partial charge is 0.246 e. The largest absolute Gasteiger partial charge is 0.371 e. The highest BCUT2D eigenvalue weighted by molar-refractivity contribution is 7.89. The molecule has 26 heavy (non-hydrogen) atoms. The van der Waals surface area contributed by atoms with E-state index in [9.17, 15) is 8.42 Å². The minimum Gasteiger partial charge on any atom is -0.371 e. The van der Waals surface area contributed by atoms with Crippen molar-refractivity contribution in [3.8, 4) is 0 Å². The van der Waals surface area contributed by atoms with Gasteiger partial charge >= 0.3 is 0 Å². The first-order chi connectivity index (χ1) is 12.2. The number of morpholine rings is 1. The van der Waals surface area contributed by atoms with Gasteiger partial charge in [0.25, 0.3) is 0 Å². The van der Waals surface area contributed by atoms with Crippen LogP contribution in [0.25, 0.3) is 0 Å². The highest BCUT2D eigenvalue weighted by Crippen LogP contribution is 2.29. The van der Waals surface area contributed by atoms with E-state index >= 15 is 0 Å². The molecule has 1 saturated heterocycles. The fraction of sp³-hybridized carbons (Fsp3) is 0.647. The van der Waals surface area contributed by atoms with Gasteiger partial charge in [0.05, 0.1) is 30.3 Å². The normalized spacial score (nSPS) is 19.4. The third-order valence-electron chi connectivity index (χ3n) is 4.58. The average Bonchev–Trinajstić information content (AvgIpc) is 3.11. The molecule has 0 N–H and O–H groups in total. The van der Waals surface area contributed by atoms with Gasteiger partial charge in [-0.05, 0) is 19.8 Å². The summed E-state index contributed by atoms with van der Waals surface area (Å²) in [5.41, 5.74) is 2.13. The first-order valence-electron chi connectivity index (χ1n) is 8.84. The Morgan fingerprint density at radius 2 is 2.08 bits per heavy atom. The van der Waals surface area contributed by atoms with E-state index in [1.165, 1.54) is 4.31 Å². The lowest BCUT2D eigenvalue weighted by Crippen LogP contribution is -2.42. The van der Waals surface area contributed by atoms with Crippen molar-refractivity contribution in [3.63, 3.8) is 0 Å². The van der Waals surface area contributed by atoms with Gasteiger partial charge in [-0.1, -0.05) is 13.8 Å². The molecule has 0 amide bonds. The van der Waals surface area contributed by atoms with Gasteiger partial charge in [-0.15, -0.1) is 0 Å². The minimum absolute atomic E-state index is 0.280. The Morgan fingerprint density at radius 1 is 1.35 bits per heavy atom. The molecule has 144 valence electrons. The number of aryl methyl sites for hydroxylation is 2. The van der Waals surface area contributed by atoms with Crippen LogP contribution in [0.1, 0.15) is 36.9 Å². The minimum atomic E-state index is -3.63. The van der Waals surface area contributed by atoms with E-state index in [1.54, 1.807) is 22.5 Å². The second-order valence-corrected chi connectivity index (χ2v) is 9.12. The van der Waals surface area contributed by atoms with Crippen LogP contribution in [0, 0.1) is 19.8 Å². The summed E-state index contributed by atoms with van der Waals surface area (Å²) in [7, 11) is -1.80. The maximum absolute atomic E-state index is 13.3. The molecule has 0 aromatic carbocycles. The van der Waals surface area contributed by atoms with E-state index in [2.05, 4.69) is 24.0 Å². The van der Waals surface area contributed by atoms with Gasteiger partial charge in [-0.25, -0.2) is 8.42 Å². The highest BCUT2D eigenvalue weighted by Gasteiger charge is 2.35. The van der Waals surface area contributed by atoms with E-state index in [0.717, 1.165) is 5.56 Å². The van der Waals surface area contributed by atoms with Crippen LogP contribution >= 0.6 is 0 Å². The number of nitrogens with zero attached hydrogens (tertiary/aromatic N) is 5. The predicted octanol–water partition coefficient (Wildman–Crippen LogP) is 1.65. The van der Waals surface area contributed by atoms with Crippen LogP contribution in [0.15, 0.2) is 17.3 Å². The third kappa shape index (κ3) is 3.56. The number of sulfonamides is 1. The van der Waals surface area contributed by atoms with Crippen molar-refractivity contribution in [2.45, 2.75) is 45.2 Å². The molecule has 1 aliphatic rings. The fourth-order valence-electron chi connectivity index (χ4n) is 3.36. The highest BCUT2D eigenvalue weighted by atomic mass is 32.2. The van der Waals surface area contributed by atoms with Gasteiger partial charge < -0.3 is 4.74 Å². The molecule has 1 atom stereocenters. The van der Waals surface area contributed by atoms with E-state index in [0.29, 0.717) is 41.9 Å². The number of hydrogen-bond acceptors (Lipinski definition) is 5. The summed E-state index contributed by atoms with van der Waals surface area (Å²) in [6.45, 7) is 9.44. The molecule has 0 radical (unpaired) electrons. The summed E-state index contributed by atoms with van der Waals surface area (Å²) < 4.78 is 37.4. The quantitative estimate of drug-likeness (QED) is 0.786. The summed E-state index contributed by atoms with van der Waals surface area (Å²) in [5.74, 6) is 0.391. The standard InChI is InChI=1S/C17H27N5O3S/c1-12(2)9-22-14(4)17(13(3)19-22)26(23,24)21-6-7-25-16(11-21)15-8-18-20(5)10-15/h8,10,12,16H,6-7,9,11H2,1-5H3/t16-/m1/s1. The van der Waals surface area contributed by atoms with Crippen LogP contribution in [-0.2, 0) is 28.4 Å². The molecule has 0 unspecified atom stereocenters. The van der Waals surface area contributed by atoms with Crippen molar-refractivity contribution < 1.29 is 13.2 Å². The maximum Gasteiger partial charge on any atom is 0.246 e. The summed E-state index contributed by atoms with van der Waals surface area (Å²) in [4.78, 5) is 0.324. The van der Waals surface area contributed by atoms with Crippen molar-refractivity contribution >= 4 is 10.0 Å². The van der Waals surface area contributed by atoms with Gasteiger partial charge in [0.1, 0.15) is 4.90 Å². The zero-order chi connectivity index (χ0) is 19.1. The first-order valence-corrected chi connectivity index (χ1v) is 10.3. The topological polar surface area (TPSA) is 82.2 Å². The van der Waals surface area contributed by atoms with Crippen LogP contribution in [0.3, 0.4) is 0 Å². The molecule has 0 aliphatic carbocycles. The molecule has 1 aliphatic heterocycles. The van der Waals surface area contributed by atoms with Gasteiger partial charge in [-0.3, -0.25) is 9.36 Å². The predicted molar refractivity (Wildman–Crippen MR) is 97.2 cm³/mol. The Bertz CT molecular complexity index is 884. The Morgan fingerprint density at radius 3 is 2.69 bits per heavy atom. The Labute approximate surface area is 154 Å². The summed E-state index contributed by atoms with van der Waals surface area (Å²) in [6.07, 6.45) is 3.27. The summed E-state index contributed by atoms with van der Waals surface area (Å²) >= 11 is 0. The second-order valence-electron chi connectivity index (χ2n) is 7.25. The number of aromatic nitrogens is 4. The van der Waals surface area contributed by atoms with Crippen molar-refractivity contribution in [1.29, 1.82) is 0 Å². The Balaban J connectivity index is 1.89. The van der Waals surface area contributed by atoms with Crippen LogP contribution in [0.2, 0.25) is 0 Å². The molecule has 2 aromatic heterocycles. The molecule has 0 bridgehead atoms. The lowest BCUT2D eigenvalue weighted by atomic mass is 10.2. The Hall–Kier alpha value is -1.71. The number of rotatable bonds is 5. The van der Waals surface area contributed by atoms with Crippen molar-refractivity contribution in [3.05, 3.63) is 29.3 Å². The van der Waals surface area contributed by atoms with Crippen molar-refractivity contribution in [2.75, 3.05) is 19.7 Å². The summed E-state index contributed by atoms with van der Waals surface area (Å²) in [6, 6.07) is 0. The average molecular weight is 382 g/mol. The second kappa shape index (κ2) is 7.13. The van der Waals surface area contributed by atoms with Crippen LogP contribution < -0.4 is 0 Å². The zero-order valence-electron chi connectivity index (χ0n) is 16.0. The van der Waals surface area contributed by atoms with E-state index in [1.807, 2.05) is 20.2 Å². The Kier molecular flexibility index (Phi) is 5.23. The number of ether oxygens (including phenoxy) is 1. The molecule has 0 spiro atoms. The van der Waals surface area contributed by atoms with Gasteiger partial charge in [0, 0.05) is 38.4 Å². The molecular formula is C17H27N5O3S. The van der Waals surface area contributed by atoms with Crippen LogP contribution in [-0.4, -0.2) is 52.0 Å². The SMILES string of the molecule is Cc1nn(CC(C)C)c(C)c1S(=O)(=O)N1CCO[C@@H](c2cnn(C)c2)C1. The van der Waals surface area contributed by atoms with E-state index < -0.39 is 10.0 Å². The monoisotopic (exact) mass is 381 g/mol. The van der Waals surface area contributed by atoms with E-state index in [-0.39, 0.29) is 12.6 Å². The van der Waals surface area contributed by atoms with Crippen LogP contribution in [0.5, 0.6) is 0 Å². The maximum atomic E-state index is 13.3. The van der Waals surface area contributed by atoms with Gasteiger partial charge in [0.2, 0.25) is 10.0 Å². The summed E-state index contributed by atoms with van der Waals surface area (Å²) in [5, 5.41) is 8.61. The van der Waals surface area contributed by atoms with Gasteiger partial charge in [0.15, 0.2) is 0 Å². The van der Waals surface area contributed by atoms with E-state index in [4.69, 9.17) is 4.74 Å². The molecule has 2 aromatic rings. The lowest BCUT2D eigenvalue weighted by molar-refractivity contribution is -0.00261. The fourth-order valence-corrected chi connectivity index (χ4v) is 5.16. The molecule has 8 nitrogen and oxygen atoms in total. The molecule has 3 rings (SSSR count). The number of hydrogen-bond donors (Lipinski definition) is 0. The molecular weight excluding hydrogens is 354 g/mol. The molecule has 0 saturated carbocycles. The first kappa shape index (κ1) is 19.1. The molecule has 9 heteroatoms. The molecule has 1 fully saturated rings. The third-order valence-corrected chi connectivity index (χ3v) is 6.70. The van der Waals surface area contributed by atoms with Crippen molar-refractivity contribution in [1.82, 2.24) is 23.9 Å². The molecule has 3 heterocycles. The van der Waals surface area contributed by atoms with Crippen LogP contribution in [0.4, 0.5) is 0 Å².